The van der Waals surface area contributed by atoms with E-state index in [1.165, 1.54) is 19.8 Å². The highest BCUT2D eigenvalue weighted by Gasteiger charge is 2.27. The molecule has 1 aliphatic heterocycles. The lowest BCUT2D eigenvalue weighted by molar-refractivity contribution is -0.117. The summed E-state index contributed by atoms with van der Waals surface area (Å²) in [6, 6.07) is 10.3. The maximum Gasteiger partial charge on any atom is 0.348 e. The normalized spacial score (nSPS) is 14.8. The van der Waals surface area contributed by atoms with E-state index in [0.29, 0.717) is 10.6 Å². The number of thiophene rings is 1. The fraction of sp³-hybridized carbons (Fsp3) is 0.409. The van der Waals surface area contributed by atoms with E-state index in [9.17, 15) is 14.4 Å². The molecule has 31 heavy (non-hydrogen) atoms. The van der Waals surface area contributed by atoms with E-state index < -0.39 is 11.9 Å². The standard InChI is InChI=1S/C22H27N3O5S/c1-15-18(21(27)29-2)20(31-19(15)22(28)30-3)23-17(26)14-25-11-9-24(10-12-25)13-16-7-5-4-6-8-16/h4-8H,9-14H2,1-3H3,(H,23,26). The summed E-state index contributed by atoms with van der Waals surface area (Å²) in [6.45, 7) is 6.05. The molecule has 1 aromatic heterocycles. The topological polar surface area (TPSA) is 88.2 Å². The predicted octanol–water partition coefficient (Wildman–Crippen LogP) is 2.39. The lowest BCUT2D eigenvalue weighted by atomic mass is 10.1. The molecule has 2 heterocycles. The van der Waals surface area contributed by atoms with Crippen molar-refractivity contribution in [1.29, 1.82) is 0 Å². The van der Waals surface area contributed by atoms with Gasteiger partial charge in [0.2, 0.25) is 5.91 Å². The summed E-state index contributed by atoms with van der Waals surface area (Å²) in [4.78, 5) is 41.6. The van der Waals surface area contributed by atoms with Gasteiger partial charge in [0, 0.05) is 32.7 Å². The number of ether oxygens (including phenoxy) is 2. The van der Waals surface area contributed by atoms with Gasteiger partial charge in [-0.15, -0.1) is 11.3 Å². The van der Waals surface area contributed by atoms with E-state index in [1.54, 1.807) is 6.92 Å². The van der Waals surface area contributed by atoms with Crippen LogP contribution in [0.1, 0.15) is 31.2 Å². The minimum atomic E-state index is -0.603. The van der Waals surface area contributed by atoms with Gasteiger partial charge in [0.25, 0.3) is 0 Å². The summed E-state index contributed by atoms with van der Waals surface area (Å²) in [6.07, 6.45) is 0. The number of nitrogens with one attached hydrogen (secondary N) is 1. The van der Waals surface area contributed by atoms with Crippen LogP contribution in [-0.2, 0) is 20.8 Å². The number of hydrogen-bond donors (Lipinski definition) is 1. The lowest BCUT2D eigenvalue weighted by Crippen LogP contribution is -2.48. The summed E-state index contributed by atoms with van der Waals surface area (Å²) in [5.41, 5.74) is 1.90. The van der Waals surface area contributed by atoms with Crippen LogP contribution in [0, 0.1) is 6.92 Å². The second-order valence-corrected chi connectivity index (χ2v) is 8.35. The van der Waals surface area contributed by atoms with Crippen molar-refractivity contribution in [3.63, 3.8) is 0 Å². The molecule has 9 heteroatoms. The molecule has 1 saturated heterocycles. The molecule has 1 N–H and O–H groups in total. The number of nitrogens with zero attached hydrogens (tertiary/aromatic N) is 2. The number of esters is 2. The van der Waals surface area contributed by atoms with E-state index >= 15 is 0 Å². The predicted molar refractivity (Wildman–Crippen MR) is 119 cm³/mol. The largest absolute Gasteiger partial charge is 0.465 e. The molecule has 8 nitrogen and oxygen atoms in total. The van der Waals surface area contributed by atoms with Crippen LogP contribution < -0.4 is 5.32 Å². The fourth-order valence-electron chi connectivity index (χ4n) is 3.55. The summed E-state index contributed by atoms with van der Waals surface area (Å²) in [5, 5.41) is 3.08. The molecule has 0 saturated carbocycles. The molecule has 1 amide bonds. The van der Waals surface area contributed by atoms with E-state index in [2.05, 4.69) is 27.2 Å². The molecule has 0 atom stereocenters. The zero-order valence-corrected chi connectivity index (χ0v) is 18.8. The first-order valence-electron chi connectivity index (χ1n) is 10.0. The van der Waals surface area contributed by atoms with E-state index in [0.717, 1.165) is 44.1 Å². The maximum atomic E-state index is 12.6. The summed E-state index contributed by atoms with van der Waals surface area (Å²) in [5.74, 6) is -1.39. The summed E-state index contributed by atoms with van der Waals surface area (Å²) < 4.78 is 9.60. The van der Waals surface area contributed by atoms with Crippen LogP contribution in [-0.4, -0.2) is 74.6 Å². The van der Waals surface area contributed by atoms with Gasteiger partial charge in [0.1, 0.15) is 9.88 Å². The molecular weight excluding hydrogens is 418 g/mol. The molecular formula is C22H27N3O5S. The zero-order chi connectivity index (χ0) is 22.4. The van der Waals surface area contributed by atoms with E-state index in [-0.39, 0.29) is 22.9 Å². The smallest absolute Gasteiger partial charge is 0.348 e. The second kappa shape index (κ2) is 10.5. The van der Waals surface area contributed by atoms with Crippen LogP contribution in [0.25, 0.3) is 0 Å². The number of anilines is 1. The first-order valence-corrected chi connectivity index (χ1v) is 10.8. The average Bonchev–Trinajstić information content (AvgIpc) is 3.10. The SMILES string of the molecule is COC(=O)c1sc(NC(=O)CN2CCN(Cc3ccccc3)CC2)c(C(=O)OC)c1C. The highest BCUT2D eigenvalue weighted by Crippen LogP contribution is 2.34. The Labute approximate surface area is 185 Å². The Morgan fingerprint density at radius 2 is 1.58 bits per heavy atom. The molecule has 0 unspecified atom stereocenters. The van der Waals surface area contributed by atoms with Crippen molar-refractivity contribution < 1.29 is 23.9 Å². The van der Waals surface area contributed by atoms with Gasteiger partial charge in [0.05, 0.1) is 26.3 Å². The number of carbonyl (C=O) groups excluding carboxylic acids is 3. The molecule has 0 spiro atoms. The zero-order valence-electron chi connectivity index (χ0n) is 18.0. The van der Waals surface area contributed by atoms with Gasteiger partial charge < -0.3 is 14.8 Å². The quantitative estimate of drug-likeness (QED) is 0.655. The second-order valence-electron chi connectivity index (χ2n) is 7.33. The minimum Gasteiger partial charge on any atom is -0.465 e. The van der Waals surface area contributed by atoms with Gasteiger partial charge in [-0.3, -0.25) is 14.6 Å². The van der Waals surface area contributed by atoms with Crippen LogP contribution in [0.15, 0.2) is 30.3 Å². The van der Waals surface area contributed by atoms with Crippen LogP contribution in [0.5, 0.6) is 0 Å². The Bertz CT molecular complexity index is 936. The van der Waals surface area contributed by atoms with E-state index in [4.69, 9.17) is 9.47 Å². The molecule has 1 fully saturated rings. The Balaban J connectivity index is 1.58. The Hall–Kier alpha value is -2.75. The van der Waals surface area contributed by atoms with Gasteiger partial charge >= 0.3 is 11.9 Å². The van der Waals surface area contributed by atoms with Gasteiger partial charge in [-0.2, -0.15) is 0 Å². The average molecular weight is 446 g/mol. The first-order chi connectivity index (χ1) is 14.9. The highest BCUT2D eigenvalue weighted by molar-refractivity contribution is 7.18. The molecule has 0 aliphatic carbocycles. The molecule has 1 aromatic carbocycles. The Morgan fingerprint density at radius 1 is 0.968 bits per heavy atom. The van der Waals surface area contributed by atoms with Gasteiger partial charge in [-0.25, -0.2) is 9.59 Å². The lowest BCUT2D eigenvalue weighted by Gasteiger charge is -2.34. The molecule has 0 radical (unpaired) electrons. The van der Waals surface area contributed by atoms with Crippen molar-refractivity contribution in [2.75, 3.05) is 52.3 Å². The Kier molecular flexibility index (Phi) is 7.78. The number of carbonyl (C=O) groups is 3. The number of benzene rings is 1. The Morgan fingerprint density at radius 3 is 2.19 bits per heavy atom. The molecule has 2 aromatic rings. The first kappa shape index (κ1) is 22.9. The number of methoxy groups -OCH3 is 2. The van der Waals surface area contributed by atoms with Crippen molar-refractivity contribution >= 4 is 34.2 Å². The number of amides is 1. The van der Waals surface area contributed by atoms with Crippen LogP contribution in [0.3, 0.4) is 0 Å². The number of piperazine rings is 1. The summed E-state index contributed by atoms with van der Waals surface area (Å²) in [7, 11) is 2.53. The van der Waals surface area contributed by atoms with Crippen molar-refractivity contribution in [3.05, 3.63) is 51.9 Å². The molecule has 1 aliphatic rings. The van der Waals surface area contributed by atoms with Gasteiger partial charge in [-0.1, -0.05) is 30.3 Å². The van der Waals surface area contributed by atoms with Gasteiger partial charge in [-0.05, 0) is 18.1 Å². The van der Waals surface area contributed by atoms with Crippen LogP contribution in [0.2, 0.25) is 0 Å². The van der Waals surface area contributed by atoms with Crippen LogP contribution in [0.4, 0.5) is 5.00 Å². The minimum absolute atomic E-state index is 0.189. The monoisotopic (exact) mass is 445 g/mol. The molecule has 3 rings (SSSR count). The van der Waals surface area contributed by atoms with Crippen molar-refractivity contribution in [2.45, 2.75) is 13.5 Å². The fourth-order valence-corrected chi connectivity index (χ4v) is 4.68. The number of hydrogen-bond acceptors (Lipinski definition) is 8. The molecule has 0 bridgehead atoms. The summed E-state index contributed by atoms with van der Waals surface area (Å²) >= 11 is 1.02. The van der Waals surface area contributed by atoms with E-state index in [1.807, 2.05) is 18.2 Å². The van der Waals surface area contributed by atoms with Crippen molar-refractivity contribution in [2.24, 2.45) is 0 Å². The molecule has 166 valence electrons. The van der Waals surface area contributed by atoms with Crippen LogP contribution >= 0.6 is 11.3 Å². The van der Waals surface area contributed by atoms with Crippen molar-refractivity contribution in [1.82, 2.24) is 9.80 Å². The highest BCUT2D eigenvalue weighted by atomic mass is 32.1. The third kappa shape index (κ3) is 5.69. The number of rotatable bonds is 7. The third-order valence-electron chi connectivity index (χ3n) is 5.24. The van der Waals surface area contributed by atoms with Crippen molar-refractivity contribution in [3.8, 4) is 0 Å². The van der Waals surface area contributed by atoms with Gasteiger partial charge in [0.15, 0.2) is 0 Å². The maximum absolute atomic E-state index is 12.6. The third-order valence-corrected chi connectivity index (χ3v) is 6.43.